The molecule has 7 heteroatoms. The molecule has 0 aliphatic carbocycles. The number of nitrogens with zero attached hydrogens (tertiary/aromatic N) is 2. The lowest BCUT2D eigenvalue weighted by molar-refractivity contribution is 0.251. The van der Waals surface area contributed by atoms with E-state index < -0.39 is 0 Å². The fourth-order valence-corrected chi connectivity index (χ4v) is 1.92. The Labute approximate surface area is 125 Å². The fraction of sp³-hybridized carbons (Fsp3) is 0.308. The number of amides is 2. The van der Waals surface area contributed by atoms with Crippen LogP contribution < -0.4 is 10.6 Å². The van der Waals surface area contributed by atoms with Crippen LogP contribution in [-0.2, 0) is 6.54 Å². The third-order valence-corrected chi connectivity index (χ3v) is 3.71. The molecule has 2 heterocycles. The molecule has 20 heavy (non-hydrogen) atoms. The van der Waals surface area contributed by atoms with Crippen molar-refractivity contribution in [1.29, 1.82) is 0 Å². The smallest absolute Gasteiger partial charge is 0.320 e. The first kappa shape index (κ1) is 14.5. The Balaban J connectivity index is 1.94. The first-order valence-corrected chi connectivity index (χ1v) is 6.86. The van der Waals surface area contributed by atoms with Gasteiger partial charge >= 0.3 is 6.03 Å². The number of carbonyl (C=O) groups excluding carboxylic acids is 1. The number of halogens is 1. The standard InChI is InChI=1S/C13H15BrN4O2/c1-7-10(9(3)20-18-7)6-15-13(19)17-12-5-4-11(14)8(2)16-12/h4-5H,6H2,1-3H3,(H2,15,16,17,19). The van der Waals surface area contributed by atoms with Crippen molar-refractivity contribution in [2.45, 2.75) is 27.3 Å². The van der Waals surface area contributed by atoms with Gasteiger partial charge in [0.05, 0.1) is 11.4 Å². The summed E-state index contributed by atoms with van der Waals surface area (Å²) in [6, 6.07) is 3.25. The van der Waals surface area contributed by atoms with E-state index >= 15 is 0 Å². The second-order valence-electron chi connectivity index (χ2n) is 4.37. The Bertz CT molecular complexity index is 620. The van der Waals surface area contributed by atoms with Crippen LogP contribution in [0.25, 0.3) is 0 Å². The number of rotatable bonds is 3. The zero-order valence-electron chi connectivity index (χ0n) is 11.5. The number of aryl methyl sites for hydroxylation is 3. The molecular formula is C13H15BrN4O2. The minimum Gasteiger partial charge on any atom is -0.361 e. The first-order chi connectivity index (χ1) is 9.47. The van der Waals surface area contributed by atoms with E-state index in [0.29, 0.717) is 18.1 Å². The van der Waals surface area contributed by atoms with Gasteiger partial charge in [-0.2, -0.15) is 0 Å². The molecule has 0 fully saturated rings. The summed E-state index contributed by atoms with van der Waals surface area (Å²) < 4.78 is 5.94. The summed E-state index contributed by atoms with van der Waals surface area (Å²) in [7, 11) is 0. The SMILES string of the molecule is Cc1nc(NC(=O)NCc2c(C)noc2C)ccc1Br. The van der Waals surface area contributed by atoms with E-state index in [1.54, 1.807) is 6.07 Å². The quantitative estimate of drug-likeness (QED) is 0.901. The Kier molecular flexibility index (Phi) is 4.39. The molecule has 0 aliphatic heterocycles. The number of anilines is 1. The molecule has 0 atom stereocenters. The van der Waals surface area contributed by atoms with E-state index in [4.69, 9.17) is 4.52 Å². The molecule has 6 nitrogen and oxygen atoms in total. The highest BCUT2D eigenvalue weighted by molar-refractivity contribution is 9.10. The number of aromatic nitrogens is 2. The van der Waals surface area contributed by atoms with Crippen molar-refractivity contribution in [3.8, 4) is 0 Å². The number of carbonyl (C=O) groups is 1. The van der Waals surface area contributed by atoms with Gasteiger partial charge in [0.1, 0.15) is 11.6 Å². The average molecular weight is 339 g/mol. The van der Waals surface area contributed by atoms with Gasteiger partial charge in [0.15, 0.2) is 0 Å². The van der Waals surface area contributed by atoms with Crippen LogP contribution in [0.1, 0.15) is 22.7 Å². The van der Waals surface area contributed by atoms with Crippen LogP contribution in [0.4, 0.5) is 10.6 Å². The van der Waals surface area contributed by atoms with Crippen molar-refractivity contribution in [3.05, 3.63) is 39.3 Å². The summed E-state index contributed by atoms with van der Waals surface area (Å²) in [6.07, 6.45) is 0. The predicted octanol–water partition coefficient (Wildman–Crippen LogP) is 3.08. The first-order valence-electron chi connectivity index (χ1n) is 6.07. The summed E-state index contributed by atoms with van der Waals surface area (Å²) in [5.74, 6) is 1.21. The summed E-state index contributed by atoms with van der Waals surface area (Å²) >= 11 is 3.36. The van der Waals surface area contributed by atoms with Gasteiger partial charge < -0.3 is 9.84 Å². The molecule has 0 saturated carbocycles. The van der Waals surface area contributed by atoms with Gasteiger partial charge in [-0.25, -0.2) is 9.78 Å². The van der Waals surface area contributed by atoms with E-state index in [1.165, 1.54) is 0 Å². The van der Waals surface area contributed by atoms with Crippen LogP contribution in [0, 0.1) is 20.8 Å². The van der Waals surface area contributed by atoms with Crippen LogP contribution in [0.3, 0.4) is 0 Å². The van der Waals surface area contributed by atoms with Crippen LogP contribution in [0.2, 0.25) is 0 Å². The van der Waals surface area contributed by atoms with Crippen LogP contribution >= 0.6 is 15.9 Å². The van der Waals surface area contributed by atoms with Crippen molar-refractivity contribution >= 4 is 27.8 Å². The maximum absolute atomic E-state index is 11.8. The zero-order valence-corrected chi connectivity index (χ0v) is 13.0. The lowest BCUT2D eigenvalue weighted by Crippen LogP contribution is -2.29. The van der Waals surface area contributed by atoms with E-state index in [0.717, 1.165) is 21.4 Å². The molecule has 0 unspecified atom stereocenters. The summed E-state index contributed by atoms with van der Waals surface area (Å²) in [5, 5.41) is 9.26. The van der Waals surface area contributed by atoms with Gasteiger partial charge in [0, 0.05) is 16.6 Å². The number of pyridine rings is 1. The molecule has 2 N–H and O–H groups in total. The minimum absolute atomic E-state index is 0.320. The molecule has 106 valence electrons. The predicted molar refractivity (Wildman–Crippen MR) is 78.5 cm³/mol. The van der Waals surface area contributed by atoms with Crippen LogP contribution in [0.15, 0.2) is 21.1 Å². The second-order valence-corrected chi connectivity index (χ2v) is 5.23. The van der Waals surface area contributed by atoms with Crippen LogP contribution in [-0.4, -0.2) is 16.2 Å². The van der Waals surface area contributed by atoms with Crippen LogP contribution in [0.5, 0.6) is 0 Å². The van der Waals surface area contributed by atoms with Gasteiger partial charge in [-0.05, 0) is 48.8 Å². The summed E-state index contributed by atoms with van der Waals surface area (Å²) in [5.41, 5.74) is 2.48. The number of hydrogen-bond acceptors (Lipinski definition) is 4. The highest BCUT2D eigenvalue weighted by Gasteiger charge is 2.10. The van der Waals surface area contributed by atoms with Crippen molar-refractivity contribution in [1.82, 2.24) is 15.5 Å². The Morgan fingerprint density at radius 2 is 2.05 bits per heavy atom. The Morgan fingerprint density at radius 3 is 2.65 bits per heavy atom. The molecule has 2 aromatic rings. The monoisotopic (exact) mass is 338 g/mol. The molecule has 2 rings (SSSR count). The summed E-state index contributed by atoms with van der Waals surface area (Å²) in [6.45, 7) is 5.87. The number of nitrogens with one attached hydrogen (secondary N) is 2. The minimum atomic E-state index is -0.320. The molecule has 0 bridgehead atoms. The molecule has 0 saturated heterocycles. The maximum Gasteiger partial charge on any atom is 0.320 e. The fourth-order valence-electron chi connectivity index (χ4n) is 1.70. The Hall–Kier alpha value is -1.89. The topological polar surface area (TPSA) is 80.0 Å². The number of urea groups is 1. The lowest BCUT2D eigenvalue weighted by atomic mass is 10.2. The number of hydrogen-bond donors (Lipinski definition) is 2. The van der Waals surface area contributed by atoms with Gasteiger partial charge in [0.25, 0.3) is 0 Å². The van der Waals surface area contributed by atoms with E-state index in [1.807, 2.05) is 26.8 Å². The second kappa shape index (κ2) is 6.04. The maximum atomic E-state index is 11.8. The average Bonchev–Trinajstić information content (AvgIpc) is 2.71. The van der Waals surface area contributed by atoms with E-state index in [9.17, 15) is 4.79 Å². The third kappa shape index (κ3) is 3.36. The molecule has 0 aliphatic rings. The molecule has 2 aromatic heterocycles. The molecule has 0 spiro atoms. The van der Waals surface area contributed by atoms with Gasteiger partial charge in [-0.3, -0.25) is 5.32 Å². The van der Waals surface area contributed by atoms with Crippen molar-refractivity contribution in [3.63, 3.8) is 0 Å². The van der Waals surface area contributed by atoms with Gasteiger partial charge in [0.2, 0.25) is 0 Å². The molecule has 0 aromatic carbocycles. The van der Waals surface area contributed by atoms with Crippen molar-refractivity contribution in [2.75, 3.05) is 5.32 Å². The Morgan fingerprint density at radius 1 is 1.30 bits per heavy atom. The van der Waals surface area contributed by atoms with Crippen molar-refractivity contribution in [2.24, 2.45) is 0 Å². The third-order valence-electron chi connectivity index (χ3n) is 2.87. The molecule has 0 radical (unpaired) electrons. The molecular weight excluding hydrogens is 324 g/mol. The highest BCUT2D eigenvalue weighted by Crippen LogP contribution is 2.16. The van der Waals surface area contributed by atoms with Crippen molar-refractivity contribution < 1.29 is 9.32 Å². The highest BCUT2D eigenvalue weighted by atomic mass is 79.9. The summed E-state index contributed by atoms with van der Waals surface area (Å²) in [4.78, 5) is 16.0. The lowest BCUT2D eigenvalue weighted by Gasteiger charge is -2.08. The largest absolute Gasteiger partial charge is 0.361 e. The zero-order chi connectivity index (χ0) is 14.7. The molecule has 2 amide bonds. The van der Waals surface area contributed by atoms with E-state index in [2.05, 4.69) is 36.7 Å². The van der Waals surface area contributed by atoms with Gasteiger partial charge in [-0.15, -0.1) is 0 Å². The van der Waals surface area contributed by atoms with Gasteiger partial charge in [-0.1, -0.05) is 5.16 Å². The normalized spacial score (nSPS) is 10.4. The van der Waals surface area contributed by atoms with E-state index in [-0.39, 0.29) is 6.03 Å².